The number of nitrogens with zero attached hydrogens (tertiary/aromatic N) is 2. The Morgan fingerprint density at radius 1 is 1.31 bits per heavy atom. The van der Waals surface area contributed by atoms with E-state index in [1.807, 2.05) is 0 Å². The van der Waals surface area contributed by atoms with Crippen LogP contribution in [0.25, 0.3) is 0 Å². The summed E-state index contributed by atoms with van der Waals surface area (Å²) in [6, 6.07) is 3.21. The number of hydrogen-bond donors (Lipinski definition) is 2. The van der Waals surface area contributed by atoms with Crippen molar-refractivity contribution in [1.82, 2.24) is 14.9 Å². The molecule has 2 heterocycles. The fraction of sp³-hybridized carbons (Fsp3) is 0.643. The van der Waals surface area contributed by atoms with E-state index in [-0.39, 0.29) is 23.3 Å². The maximum absolute atomic E-state index is 12.5. The highest BCUT2D eigenvalue weighted by molar-refractivity contribution is 7.91. The number of aliphatic imine (C=N–C) groups is 1. The van der Waals surface area contributed by atoms with Gasteiger partial charge in [0.05, 0.1) is 26.2 Å². The van der Waals surface area contributed by atoms with Gasteiger partial charge in [-0.25, -0.2) is 8.42 Å². The first-order valence-electron chi connectivity index (χ1n) is 7.90. The van der Waals surface area contributed by atoms with Gasteiger partial charge in [-0.05, 0) is 12.1 Å². The van der Waals surface area contributed by atoms with Crippen molar-refractivity contribution in [2.45, 2.75) is 23.4 Å². The normalized spacial score (nSPS) is 17.3. The van der Waals surface area contributed by atoms with E-state index in [0.29, 0.717) is 26.3 Å². The molecule has 0 unspecified atom stereocenters. The molecule has 0 spiro atoms. The molecule has 0 radical (unpaired) electrons. The Labute approximate surface area is 154 Å². The Hall–Kier alpha value is -1.37. The smallest absolute Gasteiger partial charge is 0.379 e. The summed E-state index contributed by atoms with van der Waals surface area (Å²) in [7, 11) is -2.09. The van der Waals surface area contributed by atoms with Gasteiger partial charge >= 0.3 is 6.18 Å². The van der Waals surface area contributed by atoms with Crippen LogP contribution in [-0.2, 0) is 21.3 Å². The predicted octanol–water partition coefficient (Wildman–Crippen LogP) is 1.39. The molecular weight excluding hydrogens is 393 g/mol. The zero-order chi connectivity index (χ0) is 19.2. The second-order valence-electron chi connectivity index (χ2n) is 5.45. The van der Waals surface area contributed by atoms with Gasteiger partial charge in [0.25, 0.3) is 10.0 Å². The zero-order valence-corrected chi connectivity index (χ0v) is 15.8. The molecule has 0 amide bonds. The van der Waals surface area contributed by atoms with Crippen LogP contribution < -0.4 is 10.6 Å². The quantitative estimate of drug-likeness (QED) is 0.543. The van der Waals surface area contributed by atoms with Gasteiger partial charge < -0.3 is 15.4 Å². The van der Waals surface area contributed by atoms with E-state index in [9.17, 15) is 21.6 Å². The molecule has 0 bridgehead atoms. The van der Waals surface area contributed by atoms with Crippen LogP contribution in [0.1, 0.15) is 11.3 Å². The average Bonchev–Trinajstić information content (AvgIpc) is 3.07. The predicted molar refractivity (Wildman–Crippen MR) is 92.8 cm³/mol. The Kier molecular flexibility index (Phi) is 7.26. The van der Waals surface area contributed by atoms with Crippen LogP contribution in [-0.4, -0.2) is 64.8 Å². The second kappa shape index (κ2) is 9.02. The van der Waals surface area contributed by atoms with Crippen molar-refractivity contribution in [3.05, 3.63) is 17.0 Å². The number of hydrogen-bond acceptors (Lipinski definition) is 5. The van der Waals surface area contributed by atoms with Crippen molar-refractivity contribution in [2.75, 3.05) is 39.9 Å². The summed E-state index contributed by atoms with van der Waals surface area (Å²) >= 11 is 1.12. The first kappa shape index (κ1) is 20.9. The molecule has 2 N–H and O–H groups in total. The molecule has 1 fully saturated rings. The maximum Gasteiger partial charge on any atom is 0.390 e. The van der Waals surface area contributed by atoms with Crippen LogP contribution in [0.5, 0.6) is 0 Å². The molecule has 0 atom stereocenters. The van der Waals surface area contributed by atoms with E-state index in [2.05, 4.69) is 15.6 Å². The lowest BCUT2D eigenvalue weighted by atomic mass is 10.4. The molecule has 1 aromatic heterocycles. The highest BCUT2D eigenvalue weighted by Crippen LogP contribution is 2.25. The fourth-order valence-corrected chi connectivity index (χ4v) is 5.08. The molecule has 1 aliphatic rings. The average molecular weight is 414 g/mol. The number of alkyl halides is 3. The Morgan fingerprint density at radius 2 is 2.00 bits per heavy atom. The minimum absolute atomic E-state index is 0.222. The Balaban J connectivity index is 1.89. The number of thiophene rings is 1. The number of ether oxygens (including phenoxy) is 1. The van der Waals surface area contributed by atoms with E-state index in [0.717, 1.165) is 16.2 Å². The van der Waals surface area contributed by atoms with Crippen LogP contribution in [0.3, 0.4) is 0 Å². The van der Waals surface area contributed by atoms with Crippen LogP contribution in [0.2, 0.25) is 0 Å². The molecular formula is C14H21F3N4O3S2. The molecule has 148 valence electrons. The molecule has 1 aromatic rings. The summed E-state index contributed by atoms with van der Waals surface area (Å²) in [6.45, 7) is 1.37. The van der Waals surface area contributed by atoms with Crippen LogP contribution >= 0.6 is 11.3 Å². The lowest BCUT2D eigenvalue weighted by Gasteiger charge is -2.25. The van der Waals surface area contributed by atoms with E-state index in [4.69, 9.17) is 4.74 Å². The standard InChI is InChI=1S/C14H21F3N4O3S2/c1-18-13(19-5-4-14(15,16)17)20-10-11-2-3-12(25-11)26(22,23)21-6-8-24-9-7-21/h2-3H,4-10H2,1H3,(H2,18,19,20). The maximum atomic E-state index is 12.5. The van der Waals surface area contributed by atoms with E-state index < -0.39 is 22.6 Å². The van der Waals surface area contributed by atoms with Gasteiger partial charge in [0.1, 0.15) is 4.21 Å². The Bertz CT molecular complexity index is 713. The minimum atomic E-state index is -4.23. The van der Waals surface area contributed by atoms with Crippen molar-refractivity contribution in [2.24, 2.45) is 4.99 Å². The van der Waals surface area contributed by atoms with Crippen molar-refractivity contribution in [3.63, 3.8) is 0 Å². The number of nitrogens with one attached hydrogen (secondary N) is 2. The van der Waals surface area contributed by atoms with Gasteiger partial charge in [0, 0.05) is 31.6 Å². The summed E-state index contributed by atoms with van der Waals surface area (Å²) in [5.74, 6) is 0.222. The van der Waals surface area contributed by atoms with Gasteiger partial charge in [0.15, 0.2) is 5.96 Å². The van der Waals surface area contributed by atoms with Crippen LogP contribution in [0.15, 0.2) is 21.3 Å². The summed E-state index contributed by atoms with van der Waals surface area (Å²) in [4.78, 5) is 4.58. The van der Waals surface area contributed by atoms with Gasteiger partial charge in [0.2, 0.25) is 0 Å². The number of morpholine rings is 1. The molecule has 12 heteroatoms. The monoisotopic (exact) mass is 414 g/mol. The summed E-state index contributed by atoms with van der Waals surface area (Å²) in [5, 5.41) is 5.44. The topological polar surface area (TPSA) is 83.0 Å². The molecule has 26 heavy (non-hydrogen) atoms. The van der Waals surface area contributed by atoms with E-state index in [1.165, 1.54) is 17.4 Å². The second-order valence-corrected chi connectivity index (χ2v) is 8.79. The summed E-state index contributed by atoms with van der Waals surface area (Å²) in [5.41, 5.74) is 0. The lowest BCUT2D eigenvalue weighted by Crippen LogP contribution is -2.40. The zero-order valence-electron chi connectivity index (χ0n) is 14.2. The van der Waals surface area contributed by atoms with E-state index >= 15 is 0 Å². The molecule has 0 saturated carbocycles. The number of rotatable bonds is 6. The SMILES string of the molecule is CN=C(NCCC(F)(F)F)NCc1ccc(S(=O)(=O)N2CCOCC2)s1. The lowest BCUT2D eigenvalue weighted by molar-refractivity contribution is -0.132. The Morgan fingerprint density at radius 3 is 2.62 bits per heavy atom. The third-order valence-corrected chi connectivity index (χ3v) is 7.01. The van der Waals surface area contributed by atoms with Crippen molar-refractivity contribution >= 4 is 27.3 Å². The molecule has 2 rings (SSSR count). The largest absolute Gasteiger partial charge is 0.390 e. The third-order valence-electron chi connectivity index (χ3n) is 3.56. The van der Waals surface area contributed by atoms with E-state index in [1.54, 1.807) is 6.07 Å². The van der Waals surface area contributed by atoms with Gasteiger partial charge in [-0.1, -0.05) is 0 Å². The van der Waals surface area contributed by atoms with Crippen molar-refractivity contribution < 1.29 is 26.3 Å². The van der Waals surface area contributed by atoms with Crippen molar-refractivity contribution in [3.8, 4) is 0 Å². The minimum Gasteiger partial charge on any atom is -0.379 e. The highest BCUT2D eigenvalue weighted by atomic mass is 32.2. The molecule has 7 nitrogen and oxygen atoms in total. The third kappa shape index (κ3) is 6.11. The fourth-order valence-electron chi connectivity index (χ4n) is 2.22. The van der Waals surface area contributed by atoms with Gasteiger partial charge in [-0.3, -0.25) is 4.99 Å². The van der Waals surface area contributed by atoms with Crippen LogP contribution in [0, 0.1) is 0 Å². The molecule has 1 aliphatic heterocycles. The number of sulfonamides is 1. The number of guanidine groups is 1. The summed E-state index contributed by atoms with van der Waals surface area (Å²) in [6.07, 6.45) is -5.20. The first-order chi connectivity index (χ1) is 12.2. The molecule has 0 aromatic carbocycles. The first-order valence-corrected chi connectivity index (χ1v) is 10.2. The summed E-state index contributed by atoms with van der Waals surface area (Å²) < 4.78 is 68.4. The van der Waals surface area contributed by atoms with Crippen molar-refractivity contribution in [1.29, 1.82) is 0 Å². The van der Waals surface area contributed by atoms with Crippen LogP contribution in [0.4, 0.5) is 13.2 Å². The van der Waals surface area contributed by atoms with Gasteiger partial charge in [-0.15, -0.1) is 11.3 Å². The molecule has 0 aliphatic carbocycles. The van der Waals surface area contributed by atoms with Gasteiger partial charge in [-0.2, -0.15) is 17.5 Å². The highest BCUT2D eigenvalue weighted by Gasteiger charge is 2.28. The number of halogens is 3. The molecule has 1 saturated heterocycles.